The van der Waals surface area contributed by atoms with Crippen molar-refractivity contribution in [1.29, 1.82) is 0 Å². The van der Waals surface area contributed by atoms with Crippen molar-refractivity contribution >= 4 is 70.5 Å². The third-order valence-electron chi connectivity index (χ3n) is 11.1. The van der Waals surface area contributed by atoms with Gasteiger partial charge >= 0.3 is 0 Å². The van der Waals surface area contributed by atoms with Crippen LogP contribution in [0.1, 0.15) is 0 Å². The van der Waals surface area contributed by atoms with Gasteiger partial charge < -0.3 is 9.32 Å². The molecule has 11 rings (SSSR count). The van der Waals surface area contributed by atoms with Crippen molar-refractivity contribution in [2.24, 2.45) is 0 Å². The third kappa shape index (κ3) is 5.63. The minimum absolute atomic E-state index is 0.861. The molecule has 0 spiro atoms. The Hall–Kier alpha value is -7.20. The fraction of sp³-hybridized carbons (Fsp3) is 0. The van der Waals surface area contributed by atoms with Crippen molar-refractivity contribution in [2.45, 2.75) is 0 Å². The highest BCUT2D eigenvalue weighted by molar-refractivity contribution is 7.26. The Morgan fingerprint density at radius 1 is 0.351 bits per heavy atom. The van der Waals surface area contributed by atoms with Crippen LogP contribution in [0.25, 0.3) is 86.6 Å². The summed E-state index contributed by atoms with van der Waals surface area (Å²) in [6.45, 7) is 0. The van der Waals surface area contributed by atoms with Gasteiger partial charge in [0, 0.05) is 36.8 Å². The predicted octanol–water partition coefficient (Wildman–Crippen LogP) is 16.1. The molecular formula is C54H35NOS. The highest BCUT2D eigenvalue weighted by Gasteiger charge is 2.24. The molecule has 0 radical (unpaired) electrons. The average Bonchev–Trinajstić information content (AvgIpc) is 3.86. The molecule has 11 aromatic rings. The first-order chi connectivity index (χ1) is 28.3. The van der Waals surface area contributed by atoms with Crippen LogP contribution in [0, 0.1) is 0 Å². The van der Waals surface area contributed by atoms with Crippen LogP contribution in [0.15, 0.2) is 217 Å². The van der Waals surface area contributed by atoms with Crippen LogP contribution >= 0.6 is 11.3 Å². The molecule has 0 aliphatic heterocycles. The van der Waals surface area contributed by atoms with Crippen molar-refractivity contribution < 1.29 is 4.42 Å². The van der Waals surface area contributed by atoms with Crippen LogP contribution in [0.5, 0.6) is 0 Å². The quantitative estimate of drug-likeness (QED) is 0.162. The summed E-state index contributed by atoms with van der Waals surface area (Å²) in [6.07, 6.45) is 0. The molecule has 2 heterocycles. The summed E-state index contributed by atoms with van der Waals surface area (Å²) < 4.78 is 9.11. The Labute approximate surface area is 335 Å². The number of rotatable bonds is 7. The molecule has 0 saturated heterocycles. The first kappa shape index (κ1) is 33.2. The van der Waals surface area contributed by atoms with E-state index < -0.39 is 0 Å². The number of nitrogens with zero attached hydrogens (tertiary/aromatic N) is 1. The summed E-state index contributed by atoms with van der Waals surface area (Å²) >= 11 is 1.87. The molecule has 268 valence electrons. The fourth-order valence-electron chi connectivity index (χ4n) is 8.57. The van der Waals surface area contributed by atoms with Crippen LogP contribution in [0.2, 0.25) is 0 Å². The van der Waals surface area contributed by atoms with E-state index in [1.165, 1.54) is 53.6 Å². The van der Waals surface area contributed by atoms with Crippen LogP contribution in [0.3, 0.4) is 0 Å². The van der Waals surface area contributed by atoms with E-state index in [1.54, 1.807) is 0 Å². The summed E-state index contributed by atoms with van der Waals surface area (Å²) in [5, 5.41) is 4.77. The molecule has 57 heavy (non-hydrogen) atoms. The van der Waals surface area contributed by atoms with Crippen molar-refractivity contribution in [3.8, 4) is 44.5 Å². The van der Waals surface area contributed by atoms with Crippen LogP contribution in [-0.2, 0) is 0 Å². The molecule has 0 saturated carbocycles. The Balaban J connectivity index is 1.16. The van der Waals surface area contributed by atoms with Gasteiger partial charge in [-0.1, -0.05) is 170 Å². The van der Waals surface area contributed by atoms with Gasteiger partial charge in [-0.15, -0.1) is 11.3 Å². The van der Waals surface area contributed by atoms with E-state index in [0.717, 1.165) is 50.1 Å². The van der Waals surface area contributed by atoms with Gasteiger partial charge in [0.15, 0.2) is 0 Å². The molecule has 0 bridgehead atoms. The smallest absolute Gasteiger partial charge is 0.137 e. The second-order valence-corrected chi connectivity index (χ2v) is 15.4. The Kier molecular flexibility index (Phi) is 8.04. The highest BCUT2D eigenvalue weighted by Crippen LogP contribution is 2.49. The summed E-state index contributed by atoms with van der Waals surface area (Å²) in [5.41, 5.74) is 14.4. The normalized spacial score (nSPS) is 11.5. The van der Waals surface area contributed by atoms with E-state index in [-0.39, 0.29) is 0 Å². The monoisotopic (exact) mass is 745 g/mol. The molecule has 0 amide bonds. The lowest BCUT2D eigenvalue weighted by atomic mass is 9.88. The lowest BCUT2D eigenvalue weighted by molar-refractivity contribution is 0.669. The maximum absolute atomic E-state index is 6.51. The Morgan fingerprint density at radius 3 is 1.74 bits per heavy atom. The number of para-hydroxylation sites is 2. The highest BCUT2D eigenvalue weighted by atomic mass is 32.1. The number of furan rings is 1. The lowest BCUT2D eigenvalue weighted by Gasteiger charge is -2.29. The summed E-state index contributed by atoms with van der Waals surface area (Å²) in [5.74, 6) is 0. The van der Waals surface area contributed by atoms with Crippen molar-refractivity contribution in [1.82, 2.24) is 0 Å². The molecule has 0 aliphatic carbocycles. The second-order valence-electron chi connectivity index (χ2n) is 14.4. The van der Waals surface area contributed by atoms with Gasteiger partial charge in [0.2, 0.25) is 0 Å². The van der Waals surface area contributed by atoms with E-state index in [9.17, 15) is 0 Å². The van der Waals surface area contributed by atoms with Crippen LogP contribution in [0.4, 0.5) is 17.1 Å². The molecule has 0 unspecified atom stereocenters. The second kappa shape index (κ2) is 13.8. The van der Waals surface area contributed by atoms with E-state index >= 15 is 0 Å². The average molecular weight is 746 g/mol. The number of fused-ring (bicyclic) bond motifs is 6. The number of thiophene rings is 1. The Morgan fingerprint density at radius 2 is 0.895 bits per heavy atom. The van der Waals surface area contributed by atoms with E-state index in [0.29, 0.717) is 0 Å². The van der Waals surface area contributed by atoms with E-state index in [2.05, 4.69) is 211 Å². The zero-order valence-electron chi connectivity index (χ0n) is 31.0. The molecule has 0 fully saturated rings. The van der Waals surface area contributed by atoms with E-state index in [1.807, 2.05) is 17.4 Å². The van der Waals surface area contributed by atoms with Gasteiger partial charge in [-0.05, 0) is 81.4 Å². The molecule has 2 nitrogen and oxygen atoms in total. The van der Waals surface area contributed by atoms with Crippen LogP contribution in [-0.4, -0.2) is 0 Å². The van der Waals surface area contributed by atoms with E-state index in [4.69, 9.17) is 4.42 Å². The largest absolute Gasteiger partial charge is 0.456 e. The summed E-state index contributed by atoms with van der Waals surface area (Å²) in [4.78, 5) is 2.44. The number of anilines is 3. The Bertz CT molecular complexity index is 3260. The molecule has 0 N–H and O–H groups in total. The number of hydrogen-bond acceptors (Lipinski definition) is 3. The molecule has 3 heteroatoms. The molecule has 0 atom stereocenters. The lowest BCUT2D eigenvalue weighted by Crippen LogP contribution is -2.12. The number of hydrogen-bond donors (Lipinski definition) is 0. The minimum Gasteiger partial charge on any atom is -0.456 e. The third-order valence-corrected chi connectivity index (χ3v) is 12.3. The fourth-order valence-corrected chi connectivity index (χ4v) is 9.81. The van der Waals surface area contributed by atoms with Crippen molar-refractivity contribution in [2.75, 3.05) is 4.90 Å². The number of benzene rings is 9. The van der Waals surface area contributed by atoms with Crippen LogP contribution < -0.4 is 4.90 Å². The first-order valence-electron chi connectivity index (χ1n) is 19.3. The summed E-state index contributed by atoms with van der Waals surface area (Å²) in [6, 6.07) is 76.4. The van der Waals surface area contributed by atoms with Gasteiger partial charge in [-0.25, -0.2) is 0 Å². The van der Waals surface area contributed by atoms with Crippen molar-refractivity contribution in [3.05, 3.63) is 212 Å². The standard InChI is InChI=1S/C54H35NOS/c1-2-17-36(18-3-1)39-21-4-5-22-41(39)42-23-6-7-24-43(42)44-25-8-11-30-48(44)55(49-31-16-33-51-53(49)47-27-9-12-32-50(47)56-51)38-20-14-19-37(35-38)40-28-15-29-46-45-26-10-13-34-52(45)57-54(40)46/h1-35H. The zero-order valence-corrected chi connectivity index (χ0v) is 31.8. The van der Waals surface area contributed by atoms with Gasteiger partial charge in [-0.3, -0.25) is 0 Å². The van der Waals surface area contributed by atoms with Gasteiger partial charge in [0.05, 0.1) is 16.8 Å². The predicted molar refractivity (Wildman–Crippen MR) is 243 cm³/mol. The molecule has 9 aromatic carbocycles. The SMILES string of the molecule is c1ccc(-c2ccccc2-c2ccccc2-c2ccccc2N(c2cccc(-c3cccc4c3sc3ccccc34)c2)c2cccc3oc4ccccc4c23)cc1. The van der Waals surface area contributed by atoms with Gasteiger partial charge in [0.25, 0.3) is 0 Å². The minimum atomic E-state index is 0.861. The molecule has 2 aromatic heterocycles. The summed E-state index contributed by atoms with van der Waals surface area (Å²) in [7, 11) is 0. The molecular weight excluding hydrogens is 711 g/mol. The first-order valence-corrected chi connectivity index (χ1v) is 20.2. The van der Waals surface area contributed by atoms with Gasteiger partial charge in [0.1, 0.15) is 11.2 Å². The maximum atomic E-state index is 6.51. The van der Waals surface area contributed by atoms with Crippen molar-refractivity contribution in [3.63, 3.8) is 0 Å². The molecule has 0 aliphatic rings. The zero-order chi connectivity index (χ0) is 37.7. The maximum Gasteiger partial charge on any atom is 0.137 e. The van der Waals surface area contributed by atoms with Gasteiger partial charge in [-0.2, -0.15) is 0 Å². The topological polar surface area (TPSA) is 16.4 Å².